The lowest BCUT2D eigenvalue weighted by Gasteiger charge is -2.12. The Kier molecular flexibility index (Phi) is 2.72. The van der Waals surface area contributed by atoms with Gasteiger partial charge in [0.1, 0.15) is 11.9 Å². The molecule has 0 amide bonds. The SMILES string of the molecule is Cc1cc(O)c(C(O)C(C)N)s1. The van der Waals surface area contributed by atoms with Crippen LogP contribution >= 0.6 is 11.3 Å². The molecule has 12 heavy (non-hydrogen) atoms. The second-order valence-corrected chi connectivity index (χ2v) is 4.20. The molecule has 0 radical (unpaired) electrons. The Morgan fingerprint density at radius 1 is 1.58 bits per heavy atom. The first kappa shape index (κ1) is 9.51. The quantitative estimate of drug-likeness (QED) is 0.650. The van der Waals surface area contributed by atoms with E-state index in [1.54, 1.807) is 13.0 Å². The first-order chi connectivity index (χ1) is 5.52. The van der Waals surface area contributed by atoms with E-state index < -0.39 is 6.10 Å². The van der Waals surface area contributed by atoms with E-state index in [2.05, 4.69) is 0 Å². The number of rotatable bonds is 2. The summed E-state index contributed by atoms with van der Waals surface area (Å²) in [5.74, 6) is 0.141. The predicted molar refractivity (Wildman–Crippen MR) is 49.3 cm³/mol. The molecule has 4 N–H and O–H groups in total. The molecule has 1 rings (SSSR count). The largest absolute Gasteiger partial charge is 0.507 e. The number of hydrogen-bond donors (Lipinski definition) is 3. The van der Waals surface area contributed by atoms with E-state index in [0.717, 1.165) is 4.88 Å². The molecule has 0 aromatic carbocycles. The van der Waals surface area contributed by atoms with Gasteiger partial charge in [0.05, 0.1) is 4.88 Å². The van der Waals surface area contributed by atoms with E-state index in [1.165, 1.54) is 11.3 Å². The maximum atomic E-state index is 9.52. The summed E-state index contributed by atoms with van der Waals surface area (Å²) in [4.78, 5) is 1.53. The summed E-state index contributed by atoms with van der Waals surface area (Å²) < 4.78 is 0. The number of hydrogen-bond acceptors (Lipinski definition) is 4. The Morgan fingerprint density at radius 2 is 2.17 bits per heavy atom. The third-order valence-electron chi connectivity index (χ3n) is 1.63. The number of thiophene rings is 1. The van der Waals surface area contributed by atoms with Crippen molar-refractivity contribution in [2.24, 2.45) is 5.73 Å². The summed E-state index contributed by atoms with van der Waals surface area (Å²) in [7, 11) is 0. The van der Waals surface area contributed by atoms with E-state index in [1.807, 2.05) is 6.92 Å². The highest BCUT2D eigenvalue weighted by Gasteiger charge is 2.18. The minimum absolute atomic E-state index is 0.141. The minimum Gasteiger partial charge on any atom is -0.507 e. The molecule has 1 heterocycles. The van der Waals surface area contributed by atoms with Gasteiger partial charge in [-0.05, 0) is 19.9 Å². The Balaban J connectivity index is 2.94. The van der Waals surface area contributed by atoms with E-state index >= 15 is 0 Å². The van der Waals surface area contributed by atoms with E-state index in [-0.39, 0.29) is 11.8 Å². The number of aromatic hydroxyl groups is 1. The number of aliphatic hydroxyl groups excluding tert-OH is 1. The van der Waals surface area contributed by atoms with E-state index in [9.17, 15) is 10.2 Å². The molecule has 3 nitrogen and oxygen atoms in total. The highest BCUT2D eigenvalue weighted by molar-refractivity contribution is 7.12. The lowest BCUT2D eigenvalue weighted by Crippen LogP contribution is -2.23. The molecule has 2 unspecified atom stereocenters. The summed E-state index contributed by atoms with van der Waals surface area (Å²) in [5, 5.41) is 18.9. The maximum absolute atomic E-state index is 9.52. The zero-order chi connectivity index (χ0) is 9.30. The molecule has 0 saturated carbocycles. The Morgan fingerprint density at radius 3 is 2.50 bits per heavy atom. The first-order valence-electron chi connectivity index (χ1n) is 3.75. The molecule has 0 fully saturated rings. The Bertz CT molecular complexity index is 270. The van der Waals surface area contributed by atoms with Gasteiger partial charge in [0.25, 0.3) is 0 Å². The van der Waals surface area contributed by atoms with Crippen molar-refractivity contribution in [3.05, 3.63) is 15.8 Å². The molecule has 68 valence electrons. The van der Waals surface area contributed by atoms with Crippen LogP contribution in [-0.2, 0) is 0 Å². The van der Waals surface area contributed by atoms with Crippen LogP contribution in [0.25, 0.3) is 0 Å². The van der Waals surface area contributed by atoms with Gasteiger partial charge in [-0.25, -0.2) is 0 Å². The molecule has 4 heteroatoms. The van der Waals surface area contributed by atoms with Crippen LogP contribution in [-0.4, -0.2) is 16.3 Å². The van der Waals surface area contributed by atoms with Crippen LogP contribution in [0.4, 0.5) is 0 Å². The summed E-state index contributed by atoms with van der Waals surface area (Å²) in [6.07, 6.45) is -0.760. The maximum Gasteiger partial charge on any atom is 0.132 e. The van der Waals surface area contributed by atoms with Crippen molar-refractivity contribution < 1.29 is 10.2 Å². The van der Waals surface area contributed by atoms with E-state index in [0.29, 0.717) is 4.88 Å². The first-order valence-corrected chi connectivity index (χ1v) is 4.57. The molecule has 0 saturated heterocycles. The van der Waals surface area contributed by atoms with Crippen LogP contribution in [0, 0.1) is 6.92 Å². The fourth-order valence-electron chi connectivity index (χ4n) is 0.970. The fraction of sp³-hybridized carbons (Fsp3) is 0.500. The van der Waals surface area contributed by atoms with Crippen molar-refractivity contribution in [1.29, 1.82) is 0 Å². The average molecular weight is 187 g/mol. The van der Waals surface area contributed by atoms with Crippen LogP contribution < -0.4 is 5.73 Å². The van der Waals surface area contributed by atoms with Crippen molar-refractivity contribution in [3.63, 3.8) is 0 Å². The van der Waals surface area contributed by atoms with Gasteiger partial charge in [0.2, 0.25) is 0 Å². The van der Waals surface area contributed by atoms with Gasteiger partial charge in [-0.3, -0.25) is 0 Å². The molecule has 1 aromatic rings. The summed E-state index contributed by atoms with van der Waals surface area (Å²) in [5.41, 5.74) is 5.49. The van der Waals surface area contributed by atoms with Crippen LogP contribution in [0.1, 0.15) is 22.8 Å². The van der Waals surface area contributed by atoms with Crippen LogP contribution in [0.15, 0.2) is 6.07 Å². The number of nitrogens with two attached hydrogens (primary N) is 1. The lowest BCUT2D eigenvalue weighted by molar-refractivity contribution is 0.154. The number of aryl methyl sites for hydroxylation is 1. The third kappa shape index (κ3) is 1.77. The molecule has 0 aliphatic heterocycles. The third-order valence-corrected chi connectivity index (χ3v) is 2.74. The number of aliphatic hydroxyl groups is 1. The van der Waals surface area contributed by atoms with E-state index in [4.69, 9.17) is 5.73 Å². The molecule has 2 atom stereocenters. The average Bonchev–Trinajstić information content (AvgIpc) is 2.28. The van der Waals surface area contributed by atoms with Gasteiger partial charge in [-0.2, -0.15) is 0 Å². The van der Waals surface area contributed by atoms with Crippen LogP contribution in [0.2, 0.25) is 0 Å². The fourth-order valence-corrected chi connectivity index (χ4v) is 1.99. The van der Waals surface area contributed by atoms with Crippen LogP contribution in [0.5, 0.6) is 5.75 Å². The van der Waals surface area contributed by atoms with Crippen molar-refractivity contribution >= 4 is 11.3 Å². The van der Waals surface area contributed by atoms with Gasteiger partial charge in [-0.1, -0.05) is 0 Å². The standard InChI is InChI=1S/C8H13NO2S/c1-4-3-6(10)8(12-4)7(11)5(2)9/h3,5,7,10-11H,9H2,1-2H3. The van der Waals surface area contributed by atoms with Gasteiger partial charge < -0.3 is 15.9 Å². The second-order valence-electron chi connectivity index (χ2n) is 2.91. The second kappa shape index (κ2) is 3.43. The molecular weight excluding hydrogens is 174 g/mol. The highest BCUT2D eigenvalue weighted by atomic mass is 32.1. The zero-order valence-corrected chi connectivity index (χ0v) is 7.93. The van der Waals surface area contributed by atoms with Gasteiger partial charge >= 0.3 is 0 Å². The normalized spacial score (nSPS) is 16.0. The Hall–Kier alpha value is -0.580. The lowest BCUT2D eigenvalue weighted by atomic mass is 10.1. The monoisotopic (exact) mass is 187 g/mol. The van der Waals surface area contributed by atoms with Gasteiger partial charge in [0, 0.05) is 10.9 Å². The van der Waals surface area contributed by atoms with Crippen molar-refractivity contribution in [2.45, 2.75) is 26.0 Å². The molecule has 0 aliphatic rings. The van der Waals surface area contributed by atoms with Gasteiger partial charge in [-0.15, -0.1) is 11.3 Å². The predicted octanol–water partition coefficient (Wildman–Crippen LogP) is 1.14. The summed E-state index contributed by atoms with van der Waals surface area (Å²) >= 11 is 1.37. The Labute approximate surface area is 75.5 Å². The summed E-state index contributed by atoms with van der Waals surface area (Å²) in [6.45, 7) is 3.58. The highest BCUT2D eigenvalue weighted by Crippen LogP contribution is 2.33. The smallest absolute Gasteiger partial charge is 0.132 e. The zero-order valence-electron chi connectivity index (χ0n) is 7.11. The molecule has 0 spiro atoms. The molecule has 0 bridgehead atoms. The molecule has 1 aromatic heterocycles. The van der Waals surface area contributed by atoms with Crippen molar-refractivity contribution in [3.8, 4) is 5.75 Å². The summed E-state index contributed by atoms with van der Waals surface area (Å²) in [6, 6.07) is 1.28. The topological polar surface area (TPSA) is 66.5 Å². The van der Waals surface area contributed by atoms with Crippen molar-refractivity contribution in [2.75, 3.05) is 0 Å². The minimum atomic E-state index is -0.760. The molecular formula is C8H13NO2S. The molecule has 0 aliphatic carbocycles. The van der Waals surface area contributed by atoms with Gasteiger partial charge in [0.15, 0.2) is 0 Å². The van der Waals surface area contributed by atoms with Crippen molar-refractivity contribution in [1.82, 2.24) is 0 Å². The van der Waals surface area contributed by atoms with Crippen LogP contribution in [0.3, 0.4) is 0 Å².